The molecule has 0 unspecified atom stereocenters. The Bertz CT molecular complexity index is 990. The molecule has 5 nitrogen and oxygen atoms in total. The summed E-state index contributed by atoms with van der Waals surface area (Å²) in [7, 11) is 0. The second kappa shape index (κ2) is 4.96. The lowest BCUT2D eigenvalue weighted by Crippen LogP contribution is -2.14. The maximum atomic E-state index is 12.5. The van der Waals surface area contributed by atoms with Gasteiger partial charge in [-0.25, -0.2) is 4.98 Å². The van der Waals surface area contributed by atoms with Crippen LogP contribution in [0.3, 0.4) is 0 Å². The van der Waals surface area contributed by atoms with Crippen LogP contribution in [0.15, 0.2) is 67.0 Å². The first kappa shape index (κ1) is 12.5. The number of hydrogen-bond acceptors (Lipinski definition) is 3. The molecule has 106 valence electrons. The minimum atomic E-state index is -0.172. The maximum Gasteiger partial charge on any atom is 0.256 e. The number of fused-ring (bicyclic) bond motifs is 2. The van der Waals surface area contributed by atoms with Gasteiger partial charge in [-0.3, -0.25) is 4.79 Å². The van der Waals surface area contributed by atoms with E-state index in [1.807, 2.05) is 42.5 Å². The largest absolute Gasteiger partial charge is 0.306 e. The van der Waals surface area contributed by atoms with Crippen LogP contribution in [-0.2, 0) is 0 Å². The molecule has 0 radical (unpaired) electrons. The fourth-order valence-electron chi connectivity index (χ4n) is 2.45. The van der Waals surface area contributed by atoms with E-state index in [-0.39, 0.29) is 5.91 Å². The Morgan fingerprint density at radius 3 is 2.73 bits per heavy atom. The molecule has 4 aromatic rings. The van der Waals surface area contributed by atoms with E-state index in [0.29, 0.717) is 17.0 Å². The highest BCUT2D eigenvalue weighted by Crippen LogP contribution is 2.17. The Hall–Kier alpha value is -3.21. The summed E-state index contributed by atoms with van der Waals surface area (Å²) < 4.78 is 1.60. The van der Waals surface area contributed by atoms with Gasteiger partial charge in [-0.1, -0.05) is 30.3 Å². The highest BCUT2D eigenvalue weighted by molar-refractivity contribution is 6.06. The SMILES string of the molecule is O=C(Nc1ccnc2ccnn12)c1ccc2ccccc2c1. The molecule has 2 heterocycles. The van der Waals surface area contributed by atoms with Crippen molar-refractivity contribution >= 4 is 28.1 Å². The molecule has 5 heteroatoms. The number of carbonyl (C=O) groups excluding carboxylic acids is 1. The Morgan fingerprint density at radius 2 is 1.82 bits per heavy atom. The molecule has 0 bridgehead atoms. The van der Waals surface area contributed by atoms with Gasteiger partial charge in [0.15, 0.2) is 5.65 Å². The highest BCUT2D eigenvalue weighted by Gasteiger charge is 2.09. The zero-order valence-electron chi connectivity index (χ0n) is 11.6. The molecule has 0 saturated heterocycles. The van der Waals surface area contributed by atoms with Gasteiger partial charge in [-0.2, -0.15) is 9.61 Å². The molecular weight excluding hydrogens is 276 g/mol. The van der Waals surface area contributed by atoms with Crippen LogP contribution in [-0.4, -0.2) is 20.5 Å². The lowest BCUT2D eigenvalue weighted by atomic mass is 10.1. The van der Waals surface area contributed by atoms with Crippen LogP contribution in [0.1, 0.15) is 10.4 Å². The van der Waals surface area contributed by atoms with Crippen LogP contribution in [0, 0.1) is 0 Å². The van der Waals surface area contributed by atoms with Crippen molar-refractivity contribution in [3.63, 3.8) is 0 Å². The van der Waals surface area contributed by atoms with Crippen LogP contribution in [0.25, 0.3) is 16.4 Å². The molecule has 0 fully saturated rings. The number of aromatic nitrogens is 3. The van der Waals surface area contributed by atoms with E-state index in [4.69, 9.17) is 0 Å². The summed E-state index contributed by atoms with van der Waals surface area (Å²) in [6.45, 7) is 0. The van der Waals surface area contributed by atoms with Crippen molar-refractivity contribution in [3.8, 4) is 0 Å². The van der Waals surface area contributed by atoms with Gasteiger partial charge >= 0.3 is 0 Å². The predicted octanol–water partition coefficient (Wildman–Crippen LogP) is 3.13. The first-order valence-electron chi connectivity index (χ1n) is 6.90. The number of nitrogens with zero attached hydrogens (tertiary/aromatic N) is 3. The zero-order chi connectivity index (χ0) is 14.9. The lowest BCUT2D eigenvalue weighted by Gasteiger charge is -2.07. The van der Waals surface area contributed by atoms with Gasteiger partial charge in [0.25, 0.3) is 5.91 Å². The van der Waals surface area contributed by atoms with Crippen molar-refractivity contribution < 1.29 is 4.79 Å². The van der Waals surface area contributed by atoms with Crippen LogP contribution in [0.4, 0.5) is 5.82 Å². The van der Waals surface area contributed by atoms with Gasteiger partial charge in [-0.15, -0.1) is 0 Å². The molecule has 1 N–H and O–H groups in total. The van der Waals surface area contributed by atoms with E-state index < -0.39 is 0 Å². The number of amides is 1. The molecule has 2 aromatic carbocycles. The molecule has 0 aliphatic heterocycles. The number of hydrogen-bond donors (Lipinski definition) is 1. The van der Waals surface area contributed by atoms with Crippen LogP contribution >= 0.6 is 0 Å². The summed E-state index contributed by atoms with van der Waals surface area (Å²) in [6.07, 6.45) is 3.29. The molecule has 0 spiro atoms. The number of anilines is 1. The van der Waals surface area contributed by atoms with E-state index in [1.54, 1.807) is 29.0 Å². The number of carbonyl (C=O) groups is 1. The molecule has 1 amide bonds. The van der Waals surface area contributed by atoms with Gasteiger partial charge < -0.3 is 5.32 Å². The number of nitrogens with one attached hydrogen (secondary N) is 1. The first-order valence-corrected chi connectivity index (χ1v) is 6.90. The third-order valence-electron chi connectivity index (χ3n) is 3.54. The van der Waals surface area contributed by atoms with Gasteiger partial charge in [0.2, 0.25) is 0 Å². The van der Waals surface area contributed by atoms with Crippen LogP contribution in [0.5, 0.6) is 0 Å². The van der Waals surface area contributed by atoms with E-state index in [2.05, 4.69) is 15.4 Å². The minimum Gasteiger partial charge on any atom is -0.306 e. The van der Waals surface area contributed by atoms with Crippen LogP contribution < -0.4 is 5.32 Å². The Kier molecular flexibility index (Phi) is 2.83. The first-order chi connectivity index (χ1) is 10.8. The third-order valence-corrected chi connectivity index (χ3v) is 3.54. The molecule has 0 aliphatic rings. The Balaban J connectivity index is 1.70. The summed E-state index contributed by atoms with van der Waals surface area (Å²) in [4.78, 5) is 16.6. The predicted molar refractivity (Wildman–Crippen MR) is 84.9 cm³/mol. The average molecular weight is 288 g/mol. The molecule has 22 heavy (non-hydrogen) atoms. The van der Waals surface area contributed by atoms with Crippen molar-refractivity contribution in [2.45, 2.75) is 0 Å². The van der Waals surface area contributed by atoms with Crippen molar-refractivity contribution in [2.75, 3.05) is 5.32 Å². The zero-order valence-corrected chi connectivity index (χ0v) is 11.6. The molecular formula is C17H12N4O. The van der Waals surface area contributed by atoms with Gasteiger partial charge in [-0.05, 0) is 29.0 Å². The van der Waals surface area contributed by atoms with Gasteiger partial charge in [0.1, 0.15) is 5.82 Å². The minimum absolute atomic E-state index is 0.172. The molecule has 2 aromatic heterocycles. The van der Waals surface area contributed by atoms with E-state index >= 15 is 0 Å². The van der Waals surface area contributed by atoms with Gasteiger partial charge in [0.05, 0.1) is 6.20 Å². The van der Waals surface area contributed by atoms with Gasteiger partial charge in [0, 0.05) is 17.8 Å². The topological polar surface area (TPSA) is 59.3 Å². The summed E-state index contributed by atoms with van der Waals surface area (Å²) in [5.74, 6) is 0.418. The van der Waals surface area contributed by atoms with E-state index in [9.17, 15) is 4.79 Å². The van der Waals surface area contributed by atoms with E-state index in [0.717, 1.165) is 10.8 Å². The quantitative estimate of drug-likeness (QED) is 0.616. The molecule has 0 aliphatic carbocycles. The summed E-state index contributed by atoms with van der Waals surface area (Å²) in [6, 6.07) is 17.1. The smallest absolute Gasteiger partial charge is 0.256 e. The third kappa shape index (κ3) is 2.09. The second-order valence-corrected chi connectivity index (χ2v) is 4.95. The Labute approximate surface area is 126 Å². The lowest BCUT2D eigenvalue weighted by molar-refractivity contribution is 0.102. The summed E-state index contributed by atoms with van der Waals surface area (Å²) in [5, 5.41) is 9.17. The Morgan fingerprint density at radius 1 is 0.955 bits per heavy atom. The fourth-order valence-corrected chi connectivity index (χ4v) is 2.45. The van der Waals surface area contributed by atoms with Crippen molar-refractivity contribution in [2.24, 2.45) is 0 Å². The average Bonchev–Trinajstić information content (AvgIpc) is 3.04. The molecule has 4 rings (SSSR count). The fraction of sp³-hybridized carbons (Fsp3) is 0. The van der Waals surface area contributed by atoms with E-state index in [1.165, 1.54) is 0 Å². The second-order valence-electron chi connectivity index (χ2n) is 4.95. The van der Waals surface area contributed by atoms with Crippen molar-refractivity contribution in [3.05, 3.63) is 72.6 Å². The number of benzene rings is 2. The van der Waals surface area contributed by atoms with Crippen LogP contribution in [0.2, 0.25) is 0 Å². The highest BCUT2D eigenvalue weighted by atomic mass is 16.1. The monoisotopic (exact) mass is 288 g/mol. The molecule has 0 saturated carbocycles. The number of rotatable bonds is 2. The van der Waals surface area contributed by atoms with Crippen molar-refractivity contribution in [1.82, 2.24) is 14.6 Å². The summed E-state index contributed by atoms with van der Waals surface area (Å²) in [5.41, 5.74) is 1.30. The summed E-state index contributed by atoms with van der Waals surface area (Å²) >= 11 is 0. The molecule has 0 atom stereocenters. The van der Waals surface area contributed by atoms with Crippen molar-refractivity contribution in [1.29, 1.82) is 0 Å². The normalized spacial score (nSPS) is 10.9. The maximum absolute atomic E-state index is 12.5. The standard InChI is InChI=1S/C17H12N4O/c22-17(14-6-5-12-3-1-2-4-13(12)11-14)20-16-7-9-18-15-8-10-19-21(15)16/h1-11H,(H,20,22).